The maximum Gasteiger partial charge on any atom is 0.417 e. The molecule has 0 bridgehead atoms. The SMILES string of the molecule is O=[N+]([O-])C1(Cl)C=C(c2ccccc2C(F)(F)F)C(Cl)=CC1OC1C=C(Cl)C(c2ccccc2C(F)(F)F)=CC1(Cl)[N+](=O)[O-]. The quantitative estimate of drug-likeness (QED) is 0.0995. The van der Waals surface area contributed by atoms with Gasteiger partial charge in [0.15, 0.2) is 12.2 Å². The fourth-order valence-corrected chi connectivity index (χ4v) is 5.46. The molecule has 4 unspecified atom stereocenters. The standard InChI is InChI=1S/C26H14Cl4F6N2O5/c27-19-9-21(23(29,37(39)40)11-15(19)13-5-1-3-7-17(13)25(31,32)33)43-22-10-20(28)16(12-24(22,30)38(41)42)14-6-2-4-8-18(14)26(34,35)36/h1-12,21-22H. The van der Waals surface area contributed by atoms with E-state index in [2.05, 4.69) is 0 Å². The maximum absolute atomic E-state index is 13.7. The normalized spacial score (nSPS) is 26.2. The average molecular weight is 690 g/mol. The fourth-order valence-electron chi connectivity index (χ4n) is 4.47. The number of ether oxygens (including phenoxy) is 1. The molecule has 2 aromatic carbocycles. The molecule has 0 saturated carbocycles. The first kappa shape index (κ1) is 32.8. The van der Waals surface area contributed by atoms with Crippen LogP contribution < -0.4 is 0 Å². The van der Waals surface area contributed by atoms with Crippen molar-refractivity contribution in [3.8, 4) is 0 Å². The van der Waals surface area contributed by atoms with Crippen molar-refractivity contribution in [2.75, 3.05) is 0 Å². The predicted molar refractivity (Wildman–Crippen MR) is 147 cm³/mol. The van der Waals surface area contributed by atoms with Gasteiger partial charge in [-0.1, -0.05) is 59.6 Å². The zero-order valence-electron chi connectivity index (χ0n) is 20.8. The molecule has 0 heterocycles. The topological polar surface area (TPSA) is 95.5 Å². The molecule has 2 aromatic rings. The van der Waals surface area contributed by atoms with Gasteiger partial charge in [0.2, 0.25) is 0 Å². The van der Waals surface area contributed by atoms with Crippen LogP contribution in [0.25, 0.3) is 11.1 Å². The molecule has 0 radical (unpaired) electrons. The zero-order valence-corrected chi connectivity index (χ0v) is 23.8. The van der Waals surface area contributed by atoms with Gasteiger partial charge in [-0.15, -0.1) is 0 Å². The summed E-state index contributed by atoms with van der Waals surface area (Å²) < 4.78 is 87.6. The van der Waals surface area contributed by atoms with Gasteiger partial charge in [0, 0.05) is 33.4 Å². The monoisotopic (exact) mass is 688 g/mol. The van der Waals surface area contributed by atoms with E-state index in [1.807, 2.05) is 0 Å². The van der Waals surface area contributed by atoms with E-state index in [0.29, 0.717) is 12.2 Å². The second-order valence-electron chi connectivity index (χ2n) is 9.18. The molecule has 2 aliphatic rings. The number of allylic oxidation sites excluding steroid dienone is 4. The minimum absolute atomic E-state index is 0.476. The highest BCUT2D eigenvalue weighted by Crippen LogP contribution is 2.47. The van der Waals surface area contributed by atoms with Gasteiger partial charge >= 0.3 is 22.3 Å². The first-order chi connectivity index (χ1) is 19.8. The fraction of sp³-hybridized carbons (Fsp3) is 0.231. The van der Waals surface area contributed by atoms with Crippen molar-refractivity contribution in [1.29, 1.82) is 0 Å². The third kappa shape index (κ3) is 6.14. The van der Waals surface area contributed by atoms with Gasteiger partial charge in [-0.2, -0.15) is 26.3 Å². The summed E-state index contributed by atoms with van der Waals surface area (Å²) in [7, 11) is 0. The number of alkyl halides is 8. The Morgan fingerprint density at radius 3 is 1.30 bits per heavy atom. The number of halogens is 10. The molecule has 4 atom stereocenters. The minimum atomic E-state index is -4.88. The van der Waals surface area contributed by atoms with E-state index in [1.54, 1.807) is 0 Å². The van der Waals surface area contributed by atoms with E-state index in [1.165, 1.54) is 12.1 Å². The third-order valence-electron chi connectivity index (χ3n) is 6.50. The number of hydrogen-bond donors (Lipinski definition) is 0. The maximum atomic E-state index is 13.7. The molecular formula is C26H14Cl4F6N2O5. The van der Waals surface area contributed by atoms with Gasteiger partial charge in [0.1, 0.15) is 0 Å². The van der Waals surface area contributed by atoms with Crippen molar-refractivity contribution in [3.63, 3.8) is 0 Å². The molecule has 2 aliphatic carbocycles. The molecule has 0 amide bonds. The van der Waals surface area contributed by atoms with Crippen LogP contribution in [0.3, 0.4) is 0 Å². The van der Waals surface area contributed by atoms with Gasteiger partial charge < -0.3 is 4.74 Å². The molecule has 0 aromatic heterocycles. The molecule has 0 saturated heterocycles. The van der Waals surface area contributed by atoms with E-state index >= 15 is 0 Å². The van der Waals surface area contributed by atoms with E-state index in [9.17, 15) is 46.6 Å². The summed E-state index contributed by atoms with van der Waals surface area (Å²) in [5.74, 6) is 0. The van der Waals surface area contributed by atoms with E-state index in [-0.39, 0.29) is 0 Å². The van der Waals surface area contributed by atoms with E-state index in [4.69, 9.17) is 51.1 Å². The van der Waals surface area contributed by atoms with Crippen molar-refractivity contribution >= 4 is 57.5 Å². The van der Waals surface area contributed by atoms with Crippen molar-refractivity contribution in [1.82, 2.24) is 0 Å². The van der Waals surface area contributed by atoms with Crippen molar-refractivity contribution in [2.24, 2.45) is 0 Å². The Morgan fingerprint density at radius 2 is 1.00 bits per heavy atom. The van der Waals surface area contributed by atoms with Crippen LogP contribution in [0.1, 0.15) is 22.3 Å². The first-order valence-electron chi connectivity index (χ1n) is 11.7. The smallest absolute Gasteiger partial charge is 0.348 e. The minimum Gasteiger partial charge on any atom is -0.348 e. The number of nitro groups is 2. The highest BCUT2D eigenvalue weighted by atomic mass is 35.5. The van der Waals surface area contributed by atoms with Gasteiger partial charge in [-0.3, -0.25) is 20.2 Å². The molecule has 17 heteroatoms. The van der Waals surface area contributed by atoms with Crippen molar-refractivity contribution in [3.05, 3.63) is 125 Å². The summed E-state index contributed by atoms with van der Waals surface area (Å²) in [6, 6.07) is 8.10. The van der Waals surface area contributed by atoms with Crippen LogP contribution in [0.2, 0.25) is 0 Å². The summed E-state index contributed by atoms with van der Waals surface area (Å²) in [6.45, 7) is 0. The lowest BCUT2D eigenvalue weighted by Gasteiger charge is -2.34. The van der Waals surface area contributed by atoms with Crippen molar-refractivity contribution < 1.29 is 40.9 Å². The van der Waals surface area contributed by atoms with E-state index in [0.717, 1.165) is 48.6 Å². The second-order valence-corrected chi connectivity index (χ2v) is 11.2. The lowest BCUT2D eigenvalue weighted by molar-refractivity contribution is -0.552. The first-order valence-corrected chi connectivity index (χ1v) is 13.2. The zero-order chi connectivity index (χ0) is 32.1. The third-order valence-corrected chi connectivity index (χ3v) is 8.08. The number of nitrogens with zero attached hydrogens (tertiary/aromatic N) is 2. The van der Waals surface area contributed by atoms with Gasteiger partial charge in [-0.05, 0) is 58.6 Å². The lowest BCUT2D eigenvalue weighted by atomic mass is 9.90. The highest BCUT2D eigenvalue weighted by molar-refractivity contribution is 6.39. The van der Waals surface area contributed by atoms with E-state index < -0.39 is 87.9 Å². The highest BCUT2D eigenvalue weighted by Gasteiger charge is 2.57. The van der Waals surface area contributed by atoms with Crippen LogP contribution >= 0.6 is 46.4 Å². The Hall–Kier alpha value is -3.10. The largest absolute Gasteiger partial charge is 0.417 e. The van der Waals surface area contributed by atoms with Crippen LogP contribution in [0, 0.1) is 20.2 Å². The molecule has 7 nitrogen and oxygen atoms in total. The Kier molecular flexibility index (Phi) is 8.72. The number of hydrogen-bond acceptors (Lipinski definition) is 5. The number of rotatable bonds is 6. The Balaban J connectivity index is 1.79. The lowest BCUT2D eigenvalue weighted by Crippen LogP contribution is -2.52. The molecular weight excluding hydrogens is 676 g/mol. The van der Waals surface area contributed by atoms with Gasteiger partial charge in [-0.25, -0.2) is 0 Å². The molecule has 0 aliphatic heterocycles. The Bertz CT molecular complexity index is 1510. The van der Waals surface area contributed by atoms with Crippen LogP contribution in [0.4, 0.5) is 26.3 Å². The molecule has 0 N–H and O–H groups in total. The second kappa shape index (κ2) is 11.4. The van der Waals surface area contributed by atoms with Crippen LogP contribution in [-0.4, -0.2) is 32.1 Å². The number of benzene rings is 2. The summed E-state index contributed by atoms with van der Waals surface area (Å²) in [5.41, 5.74) is -4.40. The molecule has 228 valence electrons. The Morgan fingerprint density at radius 1 is 0.674 bits per heavy atom. The van der Waals surface area contributed by atoms with Crippen LogP contribution in [0.15, 0.2) is 82.9 Å². The summed E-state index contributed by atoms with van der Waals surface area (Å²) in [4.78, 5) is 16.3. The average Bonchev–Trinajstić information content (AvgIpc) is 2.91. The summed E-state index contributed by atoms with van der Waals surface area (Å²) >= 11 is 25.1. The van der Waals surface area contributed by atoms with Gasteiger partial charge in [0.05, 0.1) is 21.0 Å². The summed E-state index contributed by atoms with van der Waals surface area (Å²) in [5, 5.41) is 23.3. The Labute approximate surface area is 257 Å². The van der Waals surface area contributed by atoms with Crippen molar-refractivity contribution in [2.45, 2.75) is 34.6 Å². The van der Waals surface area contributed by atoms with Crippen LogP contribution in [-0.2, 0) is 17.1 Å². The predicted octanol–water partition coefficient (Wildman–Crippen LogP) is 8.64. The molecule has 0 fully saturated rings. The van der Waals surface area contributed by atoms with Crippen LogP contribution in [0.5, 0.6) is 0 Å². The molecule has 4 rings (SSSR count). The molecule has 0 spiro atoms. The van der Waals surface area contributed by atoms with Gasteiger partial charge in [0.25, 0.3) is 0 Å². The molecule has 43 heavy (non-hydrogen) atoms. The summed E-state index contributed by atoms with van der Waals surface area (Å²) in [6.07, 6.45) is -11.0.